The maximum atomic E-state index is 12.3. The maximum absolute atomic E-state index is 12.3. The highest BCUT2D eigenvalue weighted by Crippen LogP contribution is 2.25. The molecular formula is C10H12ClN3O3S. The van der Waals surface area contributed by atoms with Crippen LogP contribution in [0.5, 0.6) is 0 Å². The van der Waals surface area contributed by atoms with Crippen molar-refractivity contribution in [2.75, 3.05) is 25.4 Å². The average molecular weight is 290 g/mol. The average Bonchev–Trinajstić information content (AvgIpc) is 2.32. The number of hydrogen-bond donors (Lipinski definition) is 2. The third kappa shape index (κ3) is 2.43. The number of carbonyl (C=O) groups excluding carboxylic acids is 1. The van der Waals surface area contributed by atoms with Gasteiger partial charge in [0.25, 0.3) is 0 Å². The van der Waals surface area contributed by atoms with Crippen molar-refractivity contribution in [3.05, 3.63) is 23.2 Å². The molecule has 0 bridgehead atoms. The molecule has 1 fully saturated rings. The highest BCUT2D eigenvalue weighted by Gasteiger charge is 2.30. The molecule has 1 heterocycles. The van der Waals surface area contributed by atoms with Gasteiger partial charge in [-0.1, -0.05) is 11.6 Å². The molecular weight excluding hydrogens is 278 g/mol. The zero-order valence-corrected chi connectivity index (χ0v) is 11.0. The smallest absolute Gasteiger partial charge is 0.245 e. The summed E-state index contributed by atoms with van der Waals surface area (Å²) in [5.41, 5.74) is 5.77. The van der Waals surface area contributed by atoms with Crippen LogP contribution in [0.4, 0.5) is 5.69 Å². The second-order valence-corrected chi connectivity index (χ2v) is 6.21. The zero-order chi connectivity index (χ0) is 13.3. The normalized spacial score (nSPS) is 17.5. The first kappa shape index (κ1) is 13.1. The number of amides is 1. The van der Waals surface area contributed by atoms with Gasteiger partial charge in [0, 0.05) is 18.1 Å². The predicted molar refractivity (Wildman–Crippen MR) is 67.6 cm³/mol. The number of halogens is 1. The van der Waals surface area contributed by atoms with E-state index < -0.39 is 10.0 Å². The van der Waals surface area contributed by atoms with Crippen LogP contribution in [0.25, 0.3) is 0 Å². The van der Waals surface area contributed by atoms with Gasteiger partial charge in [-0.25, -0.2) is 8.42 Å². The Labute approximate surface area is 110 Å². The van der Waals surface area contributed by atoms with Crippen molar-refractivity contribution >= 4 is 33.2 Å². The van der Waals surface area contributed by atoms with E-state index >= 15 is 0 Å². The van der Waals surface area contributed by atoms with Gasteiger partial charge in [-0.05, 0) is 18.2 Å². The summed E-state index contributed by atoms with van der Waals surface area (Å²) in [7, 11) is -3.79. The standard InChI is InChI=1S/C10H12ClN3O3S/c11-7-1-2-8(12)9(5-7)18(16,17)14-4-3-13-10(15)6-14/h1-2,5H,3-4,6,12H2,(H,13,15). The monoisotopic (exact) mass is 289 g/mol. The summed E-state index contributed by atoms with van der Waals surface area (Å²) >= 11 is 5.77. The molecule has 0 atom stereocenters. The molecule has 1 aromatic rings. The lowest BCUT2D eigenvalue weighted by Crippen LogP contribution is -2.49. The minimum absolute atomic E-state index is 0.0651. The Hall–Kier alpha value is -1.31. The Morgan fingerprint density at radius 3 is 2.78 bits per heavy atom. The van der Waals surface area contributed by atoms with Crippen LogP contribution in [0.1, 0.15) is 0 Å². The Kier molecular flexibility index (Phi) is 3.47. The summed E-state index contributed by atoms with van der Waals surface area (Å²) in [5, 5.41) is 2.84. The van der Waals surface area contributed by atoms with Gasteiger partial charge in [0.05, 0.1) is 12.2 Å². The van der Waals surface area contributed by atoms with Crippen molar-refractivity contribution in [1.82, 2.24) is 9.62 Å². The molecule has 6 nitrogen and oxygen atoms in total. The molecule has 0 spiro atoms. The first-order valence-electron chi connectivity index (χ1n) is 5.23. The van der Waals surface area contributed by atoms with Crippen molar-refractivity contribution in [3.63, 3.8) is 0 Å². The molecule has 1 amide bonds. The number of nitrogens with zero attached hydrogens (tertiary/aromatic N) is 1. The van der Waals surface area contributed by atoms with Gasteiger partial charge < -0.3 is 11.1 Å². The molecule has 1 aliphatic heterocycles. The van der Waals surface area contributed by atoms with Crippen LogP contribution in [0, 0.1) is 0 Å². The third-order valence-corrected chi connectivity index (χ3v) is 4.73. The number of hydrogen-bond acceptors (Lipinski definition) is 4. The van der Waals surface area contributed by atoms with Crippen molar-refractivity contribution in [3.8, 4) is 0 Å². The van der Waals surface area contributed by atoms with Crippen molar-refractivity contribution in [2.45, 2.75) is 4.90 Å². The summed E-state index contributed by atoms with van der Waals surface area (Å²) in [5.74, 6) is -0.328. The van der Waals surface area contributed by atoms with Crippen LogP contribution in [0.3, 0.4) is 0 Å². The highest BCUT2D eigenvalue weighted by molar-refractivity contribution is 7.89. The molecule has 0 unspecified atom stereocenters. The molecule has 0 aliphatic carbocycles. The summed E-state index contributed by atoms with van der Waals surface area (Å²) in [4.78, 5) is 11.2. The SMILES string of the molecule is Nc1ccc(Cl)cc1S(=O)(=O)N1CCNC(=O)C1. The lowest BCUT2D eigenvalue weighted by molar-refractivity contribution is -0.122. The molecule has 1 aromatic carbocycles. The van der Waals surface area contributed by atoms with Gasteiger partial charge in [0.2, 0.25) is 15.9 Å². The molecule has 2 rings (SSSR count). The van der Waals surface area contributed by atoms with Crippen molar-refractivity contribution < 1.29 is 13.2 Å². The van der Waals surface area contributed by atoms with Gasteiger partial charge >= 0.3 is 0 Å². The summed E-state index contributed by atoms with van der Waals surface area (Å²) in [6.45, 7) is 0.312. The third-order valence-electron chi connectivity index (χ3n) is 2.60. The highest BCUT2D eigenvalue weighted by atomic mass is 35.5. The second kappa shape index (κ2) is 4.75. The molecule has 0 aromatic heterocycles. The summed E-state index contributed by atoms with van der Waals surface area (Å²) in [6, 6.07) is 4.23. The van der Waals surface area contributed by atoms with E-state index in [1.807, 2.05) is 0 Å². The molecule has 18 heavy (non-hydrogen) atoms. The van der Waals surface area contributed by atoms with E-state index in [2.05, 4.69) is 5.32 Å². The Morgan fingerprint density at radius 2 is 2.11 bits per heavy atom. The first-order chi connectivity index (χ1) is 8.41. The van der Waals surface area contributed by atoms with Gasteiger partial charge in [0.1, 0.15) is 4.90 Å². The fourth-order valence-electron chi connectivity index (χ4n) is 1.69. The lowest BCUT2D eigenvalue weighted by atomic mass is 10.3. The van der Waals surface area contributed by atoms with E-state index in [0.29, 0.717) is 6.54 Å². The summed E-state index contributed by atoms with van der Waals surface area (Å²) in [6.07, 6.45) is 0. The van der Waals surface area contributed by atoms with Gasteiger partial charge in [-0.15, -0.1) is 0 Å². The number of benzene rings is 1. The van der Waals surface area contributed by atoms with Crippen LogP contribution < -0.4 is 11.1 Å². The molecule has 1 aliphatic rings. The molecule has 3 N–H and O–H groups in total. The maximum Gasteiger partial charge on any atom is 0.245 e. The Bertz CT molecular complexity index is 588. The van der Waals surface area contributed by atoms with E-state index in [9.17, 15) is 13.2 Å². The second-order valence-electron chi connectivity index (χ2n) is 3.87. The number of sulfonamides is 1. The fourth-order valence-corrected chi connectivity index (χ4v) is 3.47. The van der Waals surface area contributed by atoms with Gasteiger partial charge in [-0.2, -0.15) is 4.31 Å². The van der Waals surface area contributed by atoms with Crippen LogP contribution in [-0.2, 0) is 14.8 Å². The lowest BCUT2D eigenvalue weighted by Gasteiger charge is -2.26. The van der Waals surface area contributed by atoms with E-state index in [-0.39, 0.29) is 34.6 Å². The van der Waals surface area contributed by atoms with E-state index in [0.717, 1.165) is 4.31 Å². The first-order valence-corrected chi connectivity index (χ1v) is 7.05. The molecule has 8 heteroatoms. The molecule has 1 saturated heterocycles. The van der Waals surface area contributed by atoms with Crippen LogP contribution in [0.15, 0.2) is 23.1 Å². The van der Waals surface area contributed by atoms with E-state index in [4.69, 9.17) is 17.3 Å². The van der Waals surface area contributed by atoms with Gasteiger partial charge in [0.15, 0.2) is 0 Å². The zero-order valence-electron chi connectivity index (χ0n) is 9.39. The summed E-state index contributed by atoms with van der Waals surface area (Å²) < 4.78 is 25.7. The van der Waals surface area contributed by atoms with E-state index in [1.165, 1.54) is 18.2 Å². The number of nitrogens with two attached hydrogens (primary N) is 1. The Balaban J connectivity index is 2.41. The molecule has 0 saturated carbocycles. The fraction of sp³-hybridized carbons (Fsp3) is 0.300. The minimum atomic E-state index is -3.79. The molecule has 98 valence electrons. The van der Waals surface area contributed by atoms with Crippen molar-refractivity contribution in [2.24, 2.45) is 0 Å². The minimum Gasteiger partial charge on any atom is -0.398 e. The largest absolute Gasteiger partial charge is 0.398 e. The number of anilines is 1. The van der Waals surface area contributed by atoms with E-state index in [1.54, 1.807) is 0 Å². The van der Waals surface area contributed by atoms with Crippen LogP contribution in [0.2, 0.25) is 5.02 Å². The van der Waals surface area contributed by atoms with Gasteiger partial charge in [-0.3, -0.25) is 4.79 Å². The van der Waals surface area contributed by atoms with Crippen molar-refractivity contribution in [1.29, 1.82) is 0 Å². The molecule has 0 radical (unpaired) electrons. The topological polar surface area (TPSA) is 92.5 Å². The number of rotatable bonds is 2. The quantitative estimate of drug-likeness (QED) is 0.752. The Morgan fingerprint density at radius 1 is 1.39 bits per heavy atom. The number of carbonyl (C=O) groups is 1. The number of piperazine rings is 1. The number of nitrogen functional groups attached to an aromatic ring is 1. The predicted octanol–water partition coefficient (Wildman–Crippen LogP) is 0.0427. The van der Waals surface area contributed by atoms with Crippen LogP contribution >= 0.6 is 11.6 Å². The number of nitrogens with one attached hydrogen (secondary N) is 1. The van der Waals surface area contributed by atoms with Crippen LogP contribution in [-0.4, -0.2) is 38.3 Å².